The zero-order valence-corrected chi connectivity index (χ0v) is 13.4. The molecule has 0 saturated carbocycles. The van der Waals surface area contributed by atoms with Gasteiger partial charge in [0.05, 0.1) is 12.7 Å². The molecule has 1 aliphatic heterocycles. The molecule has 0 spiro atoms. The van der Waals surface area contributed by atoms with Crippen LogP contribution < -0.4 is 0 Å². The Morgan fingerprint density at radius 3 is 2.59 bits per heavy atom. The average molecular weight is 304 g/mol. The van der Waals surface area contributed by atoms with Crippen molar-refractivity contribution in [3.8, 4) is 0 Å². The van der Waals surface area contributed by atoms with E-state index in [1.54, 1.807) is 0 Å². The Hall–Kier alpha value is -1.73. The van der Waals surface area contributed by atoms with Crippen LogP contribution in [0.4, 0.5) is 0 Å². The van der Waals surface area contributed by atoms with Crippen LogP contribution in [0.5, 0.6) is 0 Å². The SMILES string of the molecule is Cc1nc(CN2CCN(CCCc3cnn(C)c3)CC2)no1. The van der Waals surface area contributed by atoms with Crippen molar-refractivity contribution < 1.29 is 4.52 Å². The van der Waals surface area contributed by atoms with E-state index >= 15 is 0 Å². The Morgan fingerprint density at radius 2 is 1.95 bits per heavy atom. The maximum atomic E-state index is 5.02. The molecule has 22 heavy (non-hydrogen) atoms. The van der Waals surface area contributed by atoms with Crippen LogP contribution in [0, 0.1) is 6.92 Å². The summed E-state index contributed by atoms with van der Waals surface area (Å²) in [6.07, 6.45) is 6.36. The van der Waals surface area contributed by atoms with Crippen LogP contribution in [0.15, 0.2) is 16.9 Å². The summed E-state index contributed by atoms with van der Waals surface area (Å²) in [7, 11) is 1.97. The second-order valence-corrected chi connectivity index (χ2v) is 5.97. The van der Waals surface area contributed by atoms with Crippen molar-refractivity contribution in [2.75, 3.05) is 32.7 Å². The van der Waals surface area contributed by atoms with Gasteiger partial charge in [0.2, 0.25) is 5.89 Å². The summed E-state index contributed by atoms with van der Waals surface area (Å²) in [5.74, 6) is 1.44. The average Bonchev–Trinajstić information content (AvgIpc) is 3.10. The number of hydrogen-bond donors (Lipinski definition) is 0. The topological polar surface area (TPSA) is 63.2 Å². The summed E-state index contributed by atoms with van der Waals surface area (Å²) in [5, 5.41) is 8.18. The molecule has 7 heteroatoms. The quantitative estimate of drug-likeness (QED) is 0.789. The third-order valence-electron chi connectivity index (χ3n) is 4.10. The van der Waals surface area contributed by atoms with Gasteiger partial charge in [-0.05, 0) is 24.9 Å². The van der Waals surface area contributed by atoms with Gasteiger partial charge in [0, 0.05) is 46.3 Å². The van der Waals surface area contributed by atoms with E-state index in [0.29, 0.717) is 5.89 Å². The van der Waals surface area contributed by atoms with Crippen molar-refractivity contribution in [2.45, 2.75) is 26.3 Å². The maximum absolute atomic E-state index is 5.02. The smallest absolute Gasteiger partial charge is 0.223 e. The zero-order valence-electron chi connectivity index (χ0n) is 13.4. The molecule has 0 amide bonds. The third kappa shape index (κ3) is 4.14. The summed E-state index contributed by atoms with van der Waals surface area (Å²) in [6.45, 7) is 8.15. The molecule has 120 valence electrons. The van der Waals surface area contributed by atoms with Crippen LogP contribution in [0.1, 0.15) is 23.7 Å². The van der Waals surface area contributed by atoms with E-state index in [1.807, 2.05) is 24.9 Å². The van der Waals surface area contributed by atoms with Gasteiger partial charge in [-0.2, -0.15) is 10.1 Å². The highest BCUT2D eigenvalue weighted by atomic mass is 16.5. The molecule has 1 aliphatic rings. The van der Waals surface area contributed by atoms with Crippen molar-refractivity contribution in [1.29, 1.82) is 0 Å². The molecule has 7 nitrogen and oxygen atoms in total. The lowest BCUT2D eigenvalue weighted by Gasteiger charge is -2.33. The first-order valence-electron chi connectivity index (χ1n) is 7.90. The first-order chi connectivity index (χ1) is 10.7. The van der Waals surface area contributed by atoms with Crippen LogP contribution in [0.3, 0.4) is 0 Å². The maximum Gasteiger partial charge on any atom is 0.223 e. The second kappa shape index (κ2) is 7.02. The van der Waals surface area contributed by atoms with E-state index in [2.05, 4.69) is 31.2 Å². The van der Waals surface area contributed by atoms with Crippen molar-refractivity contribution in [1.82, 2.24) is 29.7 Å². The second-order valence-electron chi connectivity index (χ2n) is 5.97. The lowest BCUT2D eigenvalue weighted by molar-refractivity contribution is 0.123. The molecule has 0 aromatic carbocycles. The fraction of sp³-hybridized carbons (Fsp3) is 0.667. The third-order valence-corrected chi connectivity index (χ3v) is 4.10. The van der Waals surface area contributed by atoms with Crippen LogP contribution in [0.2, 0.25) is 0 Å². The van der Waals surface area contributed by atoms with Gasteiger partial charge in [-0.15, -0.1) is 0 Å². The lowest BCUT2D eigenvalue weighted by Crippen LogP contribution is -2.46. The van der Waals surface area contributed by atoms with Crippen LogP contribution >= 0.6 is 0 Å². The molecule has 2 aromatic heterocycles. The molecular formula is C15H24N6O. The number of aryl methyl sites for hydroxylation is 3. The fourth-order valence-electron chi connectivity index (χ4n) is 2.88. The Morgan fingerprint density at radius 1 is 1.18 bits per heavy atom. The van der Waals surface area contributed by atoms with E-state index in [9.17, 15) is 0 Å². The predicted molar refractivity (Wildman–Crippen MR) is 82.3 cm³/mol. The molecule has 1 saturated heterocycles. The molecule has 3 rings (SSSR count). The first kappa shape index (κ1) is 15.2. The van der Waals surface area contributed by atoms with E-state index in [4.69, 9.17) is 4.52 Å². The highest BCUT2D eigenvalue weighted by Crippen LogP contribution is 2.08. The Kier molecular flexibility index (Phi) is 4.84. The number of aromatic nitrogens is 4. The monoisotopic (exact) mass is 304 g/mol. The Balaban J connectivity index is 1.35. The van der Waals surface area contributed by atoms with Gasteiger partial charge >= 0.3 is 0 Å². The minimum Gasteiger partial charge on any atom is -0.340 e. The molecule has 0 N–H and O–H groups in total. The van der Waals surface area contributed by atoms with Gasteiger partial charge in [-0.1, -0.05) is 5.16 Å². The van der Waals surface area contributed by atoms with E-state index < -0.39 is 0 Å². The number of hydrogen-bond acceptors (Lipinski definition) is 6. The van der Waals surface area contributed by atoms with Crippen molar-refractivity contribution in [3.63, 3.8) is 0 Å². The molecular weight excluding hydrogens is 280 g/mol. The molecule has 2 aromatic rings. The van der Waals surface area contributed by atoms with Gasteiger partial charge < -0.3 is 9.42 Å². The van der Waals surface area contributed by atoms with E-state index in [-0.39, 0.29) is 0 Å². The predicted octanol–water partition coefficient (Wildman–Crippen LogP) is 0.862. The van der Waals surface area contributed by atoms with E-state index in [1.165, 1.54) is 12.0 Å². The molecule has 3 heterocycles. The number of piperazine rings is 1. The minimum atomic E-state index is 0.643. The van der Waals surface area contributed by atoms with Gasteiger partial charge in [-0.3, -0.25) is 9.58 Å². The van der Waals surface area contributed by atoms with Crippen LogP contribution in [-0.4, -0.2) is 62.4 Å². The van der Waals surface area contributed by atoms with Gasteiger partial charge in [0.25, 0.3) is 0 Å². The summed E-state index contributed by atoms with van der Waals surface area (Å²) >= 11 is 0. The van der Waals surface area contributed by atoms with Crippen molar-refractivity contribution >= 4 is 0 Å². The molecule has 1 fully saturated rings. The Labute approximate surface area is 130 Å². The normalized spacial score (nSPS) is 17.2. The van der Waals surface area contributed by atoms with Crippen molar-refractivity contribution in [3.05, 3.63) is 29.7 Å². The van der Waals surface area contributed by atoms with Gasteiger partial charge in [0.15, 0.2) is 5.82 Å². The van der Waals surface area contributed by atoms with E-state index in [0.717, 1.165) is 51.5 Å². The molecule has 0 radical (unpaired) electrons. The molecule has 0 bridgehead atoms. The number of rotatable bonds is 6. The number of nitrogens with zero attached hydrogens (tertiary/aromatic N) is 6. The van der Waals surface area contributed by atoms with Crippen LogP contribution in [0.25, 0.3) is 0 Å². The van der Waals surface area contributed by atoms with Gasteiger partial charge in [-0.25, -0.2) is 0 Å². The summed E-state index contributed by atoms with van der Waals surface area (Å²) in [4.78, 5) is 9.19. The summed E-state index contributed by atoms with van der Waals surface area (Å²) < 4.78 is 6.89. The van der Waals surface area contributed by atoms with Crippen molar-refractivity contribution in [2.24, 2.45) is 7.05 Å². The summed E-state index contributed by atoms with van der Waals surface area (Å²) in [5.41, 5.74) is 1.33. The largest absolute Gasteiger partial charge is 0.340 e. The first-order valence-corrected chi connectivity index (χ1v) is 7.90. The molecule has 0 unspecified atom stereocenters. The standard InChI is InChI=1S/C15H24N6O/c1-13-17-15(18-22-13)12-21-8-6-20(7-9-21)5-3-4-14-10-16-19(2)11-14/h10-11H,3-9,12H2,1-2H3. The molecule has 0 atom stereocenters. The fourth-order valence-corrected chi connectivity index (χ4v) is 2.88. The zero-order chi connectivity index (χ0) is 15.4. The highest BCUT2D eigenvalue weighted by molar-refractivity contribution is 5.03. The lowest BCUT2D eigenvalue weighted by atomic mass is 10.2. The van der Waals surface area contributed by atoms with Crippen LogP contribution in [-0.2, 0) is 20.0 Å². The molecule has 0 aliphatic carbocycles. The highest BCUT2D eigenvalue weighted by Gasteiger charge is 2.18. The summed E-state index contributed by atoms with van der Waals surface area (Å²) in [6, 6.07) is 0. The van der Waals surface area contributed by atoms with Gasteiger partial charge in [0.1, 0.15) is 0 Å². The minimum absolute atomic E-state index is 0.643. The Bertz CT molecular complexity index is 584.